The summed E-state index contributed by atoms with van der Waals surface area (Å²) in [6.45, 7) is 10.7. The number of nitrogens with one attached hydrogen (secondary N) is 1. The molecule has 4 atom stereocenters. The van der Waals surface area contributed by atoms with Crippen molar-refractivity contribution in [2.24, 2.45) is 0 Å². The summed E-state index contributed by atoms with van der Waals surface area (Å²) in [5, 5.41) is 15.0. The number of rotatable bonds is 13. The van der Waals surface area contributed by atoms with Gasteiger partial charge in [-0.3, -0.25) is 9.36 Å². The first-order valence-corrected chi connectivity index (χ1v) is 21.8. The molecule has 1 saturated heterocycles. The van der Waals surface area contributed by atoms with Gasteiger partial charge in [0.1, 0.15) is 41.7 Å². The van der Waals surface area contributed by atoms with Crippen LogP contribution in [-0.4, -0.2) is 78.0 Å². The molecule has 4 aromatic carbocycles. The molecular weight excluding hydrogens is 739 g/mol. The predicted octanol–water partition coefficient (Wildman–Crippen LogP) is 7.75. The highest BCUT2D eigenvalue weighted by Crippen LogP contribution is 2.45. The predicted molar refractivity (Wildman–Crippen MR) is 220 cm³/mol. The van der Waals surface area contributed by atoms with Crippen molar-refractivity contribution in [3.05, 3.63) is 144 Å². The Morgan fingerprint density at radius 3 is 1.93 bits per heavy atom. The SMILES string of the molecule is COc1ccc(C(OCC2OC(n3cnc4c(NC(=O)c5ccccc5)ncnc43)C(O[Si](C)(C)C(C)(C)C)C2O)(c2ccccc2)c2ccc(OC)cc2)cc1. The number of nitrogens with zero attached hydrogens (tertiary/aromatic N) is 4. The second-order valence-electron chi connectivity index (χ2n) is 15.6. The molecule has 12 nitrogen and oxygen atoms in total. The normalized spacial score (nSPS) is 18.7. The fraction of sp³-hybridized carbons (Fsp3) is 0.318. The quantitative estimate of drug-likeness (QED) is 0.0883. The number of aliphatic hydroxyl groups excluding tert-OH is 1. The van der Waals surface area contributed by atoms with Crippen LogP contribution in [0.1, 0.15) is 54.0 Å². The van der Waals surface area contributed by atoms with Gasteiger partial charge in [-0.1, -0.05) is 93.6 Å². The molecule has 0 bridgehead atoms. The van der Waals surface area contributed by atoms with Crippen LogP contribution < -0.4 is 14.8 Å². The molecule has 13 heteroatoms. The van der Waals surface area contributed by atoms with Gasteiger partial charge in [-0.05, 0) is 71.2 Å². The maximum absolute atomic E-state index is 13.1. The molecule has 3 heterocycles. The molecule has 4 unspecified atom stereocenters. The Morgan fingerprint density at radius 2 is 1.37 bits per heavy atom. The van der Waals surface area contributed by atoms with Crippen LogP contribution in [0, 0.1) is 0 Å². The van der Waals surface area contributed by atoms with Crippen LogP contribution in [-0.2, 0) is 19.5 Å². The first kappa shape index (κ1) is 39.8. The Balaban J connectivity index is 1.28. The molecule has 0 radical (unpaired) electrons. The number of imidazole rings is 1. The number of hydrogen-bond donors (Lipinski definition) is 2. The minimum atomic E-state index is -2.50. The monoisotopic (exact) mass is 787 g/mol. The number of anilines is 1. The first-order chi connectivity index (χ1) is 27.4. The van der Waals surface area contributed by atoms with Crippen molar-refractivity contribution in [3.8, 4) is 11.5 Å². The summed E-state index contributed by atoms with van der Waals surface area (Å²) in [6.07, 6.45) is -0.671. The van der Waals surface area contributed by atoms with E-state index in [4.69, 9.17) is 23.4 Å². The Hall–Kier alpha value is -5.44. The van der Waals surface area contributed by atoms with E-state index < -0.39 is 38.5 Å². The lowest BCUT2D eigenvalue weighted by molar-refractivity contribution is -0.0940. The highest BCUT2D eigenvalue weighted by atomic mass is 28.4. The highest BCUT2D eigenvalue weighted by molar-refractivity contribution is 6.74. The summed E-state index contributed by atoms with van der Waals surface area (Å²) in [7, 11) is 0.769. The molecule has 2 aromatic heterocycles. The molecular formula is C44H49N5O7Si. The number of amides is 1. The number of carbonyl (C=O) groups excluding carboxylic acids is 1. The van der Waals surface area contributed by atoms with Crippen molar-refractivity contribution >= 4 is 31.2 Å². The number of carbonyl (C=O) groups is 1. The zero-order valence-electron chi connectivity index (χ0n) is 33.2. The third-order valence-electron chi connectivity index (χ3n) is 11.1. The Morgan fingerprint density at radius 1 is 0.807 bits per heavy atom. The fourth-order valence-electron chi connectivity index (χ4n) is 6.90. The van der Waals surface area contributed by atoms with Gasteiger partial charge in [0.2, 0.25) is 0 Å². The fourth-order valence-corrected chi connectivity index (χ4v) is 8.19. The van der Waals surface area contributed by atoms with Crippen LogP contribution in [0.2, 0.25) is 18.1 Å². The minimum absolute atomic E-state index is 0.0258. The maximum Gasteiger partial charge on any atom is 0.256 e. The van der Waals surface area contributed by atoms with Crippen molar-refractivity contribution in [1.29, 1.82) is 0 Å². The van der Waals surface area contributed by atoms with Gasteiger partial charge >= 0.3 is 0 Å². The van der Waals surface area contributed by atoms with Gasteiger partial charge < -0.3 is 33.8 Å². The number of benzene rings is 4. The van der Waals surface area contributed by atoms with E-state index in [9.17, 15) is 9.90 Å². The van der Waals surface area contributed by atoms with E-state index in [1.165, 1.54) is 6.33 Å². The summed E-state index contributed by atoms with van der Waals surface area (Å²) in [5.41, 5.74) is 2.69. The summed E-state index contributed by atoms with van der Waals surface area (Å²) in [5.74, 6) is 1.33. The van der Waals surface area contributed by atoms with Crippen LogP contribution in [0.15, 0.2) is 122 Å². The lowest BCUT2D eigenvalue weighted by Gasteiger charge is -2.40. The number of hydrogen-bond acceptors (Lipinski definition) is 10. The zero-order chi connectivity index (χ0) is 40.4. The number of aliphatic hydroxyl groups is 1. The topological polar surface area (TPSA) is 139 Å². The van der Waals surface area contributed by atoms with Gasteiger partial charge in [-0.15, -0.1) is 0 Å². The lowest BCUT2D eigenvalue weighted by Crippen LogP contribution is -2.49. The molecule has 1 fully saturated rings. The second-order valence-corrected chi connectivity index (χ2v) is 20.3. The van der Waals surface area contributed by atoms with Gasteiger partial charge in [-0.2, -0.15) is 0 Å². The molecule has 0 aliphatic carbocycles. The van der Waals surface area contributed by atoms with E-state index in [2.05, 4.69) is 54.1 Å². The summed E-state index contributed by atoms with van der Waals surface area (Å²) >= 11 is 0. The van der Waals surface area contributed by atoms with Crippen molar-refractivity contribution in [2.45, 2.75) is 69.0 Å². The van der Waals surface area contributed by atoms with Gasteiger partial charge in [0.05, 0.1) is 27.2 Å². The zero-order valence-corrected chi connectivity index (χ0v) is 34.2. The molecule has 2 N–H and O–H groups in total. The largest absolute Gasteiger partial charge is 0.497 e. The van der Waals surface area contributed by atoms with E-state index in [0.29, 0.717) is 28.2 Å². The minimum Gasteiger partial charge on any atom is -0.497 e. The van der Waals surface area contributed by atoms with Crippen molar-refractivity contribution in [1.82, 2.24) is 19.5 Å². The molecule has 1 aliphatic heterocycles. The molecule has 0 spiro atoms. The number of methoxy groups -OCH3 is 2. The third kappa shape index (κ3) is 7.81. The average molecular weight is 788 g/mol. The van der Waals surface area contributed by atoms with Crippen LogP contribution in [0.25, 0.3) is 11.2 Å². The lowest BCUT2D eigenvalue weighted by atomic mass is 9.80. The maximum atomic E-state index is 13.1. The Kier molecular flexibility index (Phi) is 11.3. The highest BCUT2D eigenvalue weighted by Gasteiger charge is 2.52. The molecule has 7 rings (SSSR count). The first-order valence-electron chi connectivity index (χ1n) is 18.9. The number of fused-ring (bicyclic) bond motifs is 1. The van der Waals surface area contributed by atoms with E-state index >= 15 is 0 Å². The van der Waals surface area contributed by atoms with Crippen LogP contribution in [0.3, 0.4) is 0 Å². The molecule has 1 amide bonds. The summed E-state index contributed by atoms with van der Waals surface area (Å²) < 4.78 is 33.8. The van der Waals surface area contributed by atoms with Crippen LogP contribution in [0.5, 0.6) is 11.5 Å². The van der Waals surface area contributed by atoms with E-state index in [1.807, 2.05) is 84.9 Å². The van der Waals surface area contributed by atoms with E-state index in [-0.39, 0.29) is 23.4 Å². The Labute approximate surface area is 333 Å². The Bertz CT molecular complexity index is 2230. The number of ether oxygens (including phenoxy) is 4. The summed E-state index contributed by atoms with van der Waals surface area (Å²) in [6, 6.07) is 34.4. The third-order valence-corrected chi connectivity index (χ3v) is 15.6. The average Bonchev–Trinajstić information content (AvgIpc) is 3.79. The molecule has 6 aromatic rings. The summed E-state index contributed by atoms with van der Waals surface area (Å²) in [4.78, 5) is 26.7. The van der Waals surface area contributed by atoms with Crippen molar-refractivity contribution in [2.75, 3.05) is 26.1 Å². The van der Waals surface area contributed by atoms with Gasteiger partial charge in [0, 0.05) is 5.56 Å². The molecule has 1 aliphatic rings. The van der Waals surface area contributed by atoms with Crippen LogP contribution >= 0.6 is 0 Å². The van der Waals surface area contributed by atoms with Gasteiger partial charge in [-0.25, -0.2) is 15.0 Å². The van der Waals surface area contributed by atoms with Gasteiger partial charge in [0.25, 0.3) is 5.91 Å². The smallest absolute Gasteiger partial charge is 0.256 e. The molecule has 57 heavy (non-hydrogen) atoms. The number of aromatic nitrogens is 4. The van der Waals surface area contributed by atoms with Gasteiger partial charge in [0.15, 0.2) is 31.5 Å². The standard InChI is InChI=1S/C44H49N5O7Si/c1-43(2,3)57(6,7)56-38-37(50)35(55-42(38)49-28-47-36-39(45-27-46-40(36)49)48-41(51)29-14-10-8-11-15-29)26-54-44(30-16-12-9-13-17-30,31-18-22-33(52-4)23-19-31)32-20-24-34(53-5)25-21-32/h8-25,27-28,35,37-38,42,50H,26H2,1-7H3,(H,45,46,48,51). The molecule has 0 saturated carbocycles. The molecule has 296 valence electrons. The van der Waals surface area contributed by atoms with E-state index in [0.717, 1.165) is 16.7 Å². The van der Waals surface area contributed by atoms with Crippen LogP contribution in [0.4, 0.5) is 5.82 Å². The van der Waals surface area contributed by atoms with E-state index in [1.54, 1.807) is 49.4 Å². The van der Waals surface area contributed by atoms with Crippen molar-refractivity contribution in [3.63, 3.8) is 0 Å². The second kappa shape index (κ2) is 16.2. The van der Waals surface area contributed by atoms with Crippen molar-refractivity contribution < 1.29 is 33.3 Å².